The van der Waals surface area contributed by atoms with E-state index in [2.05, 4.69) is 29.7 Å². The second-order valence-corrected chi connectivity index (χ2v) is 5.06. The molecular formula is C15H22N2O. The summed E-state index contributed by atoms with van der Waals surface area (Å²) in [6.45, 7) is 4.19. The maximum Gasteiger partial charge on any atom is 0.224 e. The van der Waals surface area contributed by atoms with Crippen molar-refractivity contribution in [2.24, 2.45) is 5.92 Å². The molecule has 1 saturated heterocycles. The average Bonchev–Trinajstić information content (AvgIpc) is 2.84. The Bertz CT molecular complexity index is 380. The van der Waals surface area contributed by atoms with Gasteiger partial charge in [-0.3, -0.25) is 4.79 Å². The van der Waals surface area contributed by atoms with Crippen LogP contribution in [0.2, 0.25) is 0 Å². The SMILES string of the molecule is CCCc1ccc(NC(=O)CC2CCNC2)cc1. The van der Waals surface area contributed by atoms with Crippen LogP contribution >= 0.6 is 0 Å². The van der Waals surface area contributed by atoms with Gasteiger partial charge in [-0.05, 0) is 49.5 Å². The van der Waals surface area contributed by atoms with Crippen molar-refractivity contribution >= 4 is 11.6 Å². The summed E-state index contributed by atoms with van der Waals surface area (Å²) in [5.74, 6) is 0.635. The molecule has 1 aliphatic rings. The van der Waals surface area contributed by atoms with Crippen molar-refractivity contribution in [1.82, 2.24) is 5.32 Å². The van der Waals surface area contributed by atoms with Crippen LogP contribution in [0, 0.1) is 5.92 Å². The van der Waals surface area contributed by atoms with Crippen LogP contribution in [-0.4, -0.2) is 19.0 Å². The molecule has 1 unspecified atom stereocenters. The number of aryl methyl sites for hydroxylation is 1. The third-order valence-corrected chi connectivity index (χ3v) is 3.41. The van der Waals surface area contributed by atoms with Gasteiger partial charge in [0.2, 0.25) is 5.91 Å². The van der Waals surface area contributed by atoms with E-state index < -0.39 is 0 Å². The molecule has 0 aliphatic carbocycles. The lowest BCUT2D eigenvalue weighted by molar-refractivity contribution is -0.116. The summed E-state index contributed by atoms with van der Waals surface area (Å²) in [4.78, 5) is 11.8. The van der Waals surface area contributed by atoms with Crippen molar-refractivity contribution in [3.05, 3.63) is 29.8 Å². The Labute approximate surface area is 109 Å². The first-order chi connectivity index (χ1) is 8.78. The van der Waals surface area contributed by atoms with E-state index in [1.54, 1.807) is 0 Å². The molecule has 1 aliphatic heterocycles. The molecule has 98 valence electrons. The molecule has 2 N–H and O–H groups in total. The van der Waals surface area contributed by atoms with Crippen LogP contribution in [0.25, 0.3) is 0 Å². The lowest BCUT2D eigenvalue weighted by Crippen LogP contribution is -2.18. The van der Waals surface area contributed by atoms with Crippen molar-refractivity contribution in [3.63, 3.8) is 0 Å². The molecule has 1 aromatic rings. The molecule has 3 nitrogen and oxygen atoms in total. The minimum atomic E-state index is 0.131. The molecule has 1 atom stereocenters. The monoisotopic (exact) mass is 246 g/mol. The quantitative estimate of drug-likeness (QED) is 0.838. The van der Waals surface area contributed by atoms with Gasteiger partial charge in [0.25, 0.3) is 0 Å². The molecule has 3 heteroatoms. The number of rotatable bonds is 5. The number of amides is 1. The van der Waals surface area contributed by atoms with Crippen molar-refractivity contribution in [3.8, 4) is 0 Å². The number of hydrogen-bond acceptors (Lipinski definition) is 2. The predicted octanol–water partition coefficient (Wildman–Crippen LogP) is 2.58. The molecule has 1 amide bonds. The molecule has 0 radical (unpaired) electrons. The average molecular weight is 246 g/mol. The molecule has 0 saturated carbocycles. The molecule has 1 heterocycles. The van der Waals surface area contributed by atoms with E-state index in [9.17, 15) is 4.79 Å². The smallest absolute Gasteiger partial charge is 0.224 e. The van der Waals surface area contributed by atoms with Gasteiger partial charge in [0.15, 0.2) is 0 Å². The minimum absolute atomic E-state index is 0.131. The van der Waals surface area contributed by atoms with E-state index in [1.165, 1.54) is 5.56 Å². The van der Waals surface area contributed by atoms with Crippen molar-refractivity contribution in [2.45, 2.75) is 32.6 Å². The molecule has 1 fully saturated rings. The van der Waals surface area contributed by atoms with Gasteiger partial charge in [0, 0.05) is 12.1 Å². The fourth-order valence-electron chi connectivity index (χ4n) is 2.41. The largest absolute Gasteiger partial charge is 0.326 e. The molecule has 0 spiro atoms. The zero-order chi connectivity index (χ0) is 12.8. The zero-order valence-electron chi connectivity index (χ0n) is 11.0. The number of nitrogens with one attached hydrogen (secondary N) is 2. The highest BCUT2D eigenvalue weighted by Gasteiger charge is 2.17. The third kappa shape index (κ3) is 3.84. The van der Waals surface area contributed by atoms with E-state index in [4.69, 9.17) is 0 Å². The number of benzene rings is 1. The van der Waals surface area contributed by atoms with Gasteiger partial charge in [-0.15, -0.1) is 0 Å². The van der Waals surface area contributed by atoms with Gasteiger partial charge in [0.1, 0.15) is 0 Å². The van der Waals surface area contributed by atoms with Crippen LogP contribution in [0.4, 0.5) is 5.69 Å². The van der Waals surface area contributed by atoms with E-state index in [0.29, 0.717) is 12.3 Å². The second kappa shape index (κ2) is 6.55. The number of anilines is 1. The highest BCUT2D eigenvalue weighted by Crippen LogP contribution is 2.15. The first kappa shape index (κ1) is 13.1. The van der Waals surface area contributed by atoms with Gasteiger partial charge in [-0.25, -0.2) is 0 Å². The Morgan fingerprint density at radius 2 is 2.17 bits per heavy atom. The van der Waals surface area contributed by atoms with Crippen molar-refractivity contribution < 1.29 is 4.79 Å². The maximum atomic E-state index is 11.8. The molecule has 0 aromatic heterocycles. The van der Waals surface area contributed by atoms with Crippen LogP contribution in [0.15, 0.2) is 24.3 Å². The summed E-state index contributed by atoms with van der Waals surface area (Å²) < 4.78 is 0. The van der Waals surface area contributed by atoms with E-state index >= 15 is 0 Å². The highest BCUT2D eigenvalue weighted by molar-refractivity contribution is 5.90. The van der Waals surface area contributed by atoms with Crippen LogP contribution in [0.3, 0.4) is 0 Å². The lowest BCUT2D eigenvalue weighted by Gasteiger charge is -2.09. The third-order valence-electron chi connectivity index (χ3n) is 3.41. The molecule has 1 aromatic carbocycles. The maximum absolute atomic E-state index is 11.8. The Balaban J connectivity index is 1.82. The first-order valence-electron chi connectivity index (χ1n) is 6.87. The molecule has 18 heavy (non-hydrogen) atoms. The number of carbonyl (C=O) groups is 1. The molecule has 2 rings (SSSR count). The van der Waals surface area contributed by atoms with Crippen LogP contribution < -0.4 is 10.6 Å². The standard InChI is InChI=1S/C15H22N2O/c1-2-3-12-4-6-14(7-5-12)17-15(18)10-13-8-9-16-11-13/h4-7,13,16H,2-3,8-11H2,1H3,(H,17,18). The highest BCUT2D eigenvalue weighted by atomic mass is 16.1. The predicted molar refractivity (Wildman–Crippen MR) is 74.7 cm³/mol. The Hall–Kier alpha value is -1.35. The van der Waals surface area contributed by atoms with Gasteiger partial charge >= 0.3 is 0 Å². The fourth-order valence-corrected chi connectivity index (χ4v) is 2.41. The second-order valence-electron chi connectivity index (χ2n) is 5.06. The van der Waals surface area contributed by atoms with E-state index in [0.717, 1.165) is 38.0 Å². The van der Waals surface area contributed by atoms with Crippen LogP contribution in [0.1, 0.15) is 31.7 Å². The zero-order valence-corrected chi connectivity index (χ0v) is 11.0. The Morgan fingerprint density at radius 1 is 1.39 bits per heavy atom. The summed E-state index contributed by atoms with van der Waals surface area (Å²) >= 11 is 0. The van der Waals surface area contributed by atoms with Crippen LogP contribution in [0.5, 0.6) is 0 Å². The molecular weight excluding hydrogens is 224 g/mol. The van der Waals surface area contributed by atoms with E-state index in [1.807, 2.05) is 12.1 Å². The van der Waals surface area contributed by atoms with Gasteiger partial charge in [0.05, 0.1) is 0 Å². The van der Waals surface area contributed by atoms with Crippen LogP contribution in [-0.2, 0) is 11.2 Å². The lowest BCUT2D eigenvalue weighted by atomic mass is 10.0. The summed E-state index contributed by atoms with van der Waals surface area (Å²) in [6.07, 6.45) is 3.99. The van der Waals surface area contributed by atoms with E-state index in [-0.39, 0.29) is 5.91 Å². The summed E-state index contributed by atoms with van der Waals surface area (Å²) in [7, 11) is 0. The first-order valence-corrected chi connectivity index (χ1v) is 6.87. The van der Waals surface area contributed by atoms with Crippen molar-refractivity contribution in [1.29, 1.82) is 0 Å². The topological polar surface area (TPSA) is 41.1 Å². The number of hydrogen-bond donors (Lipinski definition) is 2. The van der Waals surface area contributed by atoms with Crippen molar-refractivity contribution in [2.75, 3.05) is 18.4 Å². The van der Waals surface area contributed by atoms with Gasteiger partial charge in [-0.1, -0.05) is 25.5 Å². The van der Waals surface area contributed by atoms with Gasteiger partial charge in [-0.2, -0.15) is 0 Å². The summed E-state index contributed by atoms with van der Waals surface area (Å²) in [5, 5.41) is 6.25. The molecule has 0 bridgehead atoms. The minimum Gasteiger partial charge on any atom is -0.326 e. The Morgan fingerprint density at radius 3 is 2.78 bits per heavy atom. The normalized spacial score (nSPS) is 18.8. The fraction of sp³-hybridized carbons (Fsp3) is 0.533. The summed E-state index contributed by atoms with van der Waals surface area (Å²) in [5.41, 5.74) is 2.24. The Kier molecular flexibility index (Phi) is 4.76. The number of carbonyl (C=O) groups excluding carboxylic acids is 1. The summed E-state index contributed by atoms with van der Waals surface area (Å²) in [6, 6.07) is 8.18. The van der Waals surface area contributed by atoms with Gasteiger partial charge < -0.3 is 10.6 Å².